The van der Waals surface area contributed by atoms with Crippen LogP contribution in [0.1, 0.15) is 31.9 Å². The maximum atomic E-state index is 5.85. The summed E-state index contributed by atoms with van der Waals surface area (Å²) in [6, 6.07) is 6.64. The Hall–Kier alpha value is -0.470. The van der Waals surface area contributed by atoms with E-state index in [1.807, 2.05) is 11.8 Å². The van der Waals surface area contributed by atoms with Gasteiger partial charge in [0.15, 0.2) is 0 Å². The van der Waals surface area contributed by atoms with Gasteiger partial charge in [-0.05, 0) is 42.5 Å². The van der Waals surface area contributed by atoms with Crippen LogP contribution in [0.4, 0.5) is 0 Å². The van der Waals surface area contributed by atoms with Gasteiger partial charge in [0.1, 0.15) is 0 Å². The highest BCUT2D eigenvalue weighted by molar-refractivity contribution is 8.00. The molecule has 0 aliphatic rings. The molecule has 16 heavy (non-hydrogen) atoms. The Morgan fingerprint density at radius 1 is 1.19 bits per heavy atom. The van der Waals surface area contributed by atoms with Gasteiger partial charge in [-0.1, -0.05) is 26.8 Å². The number of aryl methyl sites for hydroxylation is 2. The molecule has 0 saturated carbocycles. The summed E-state index contributed by atoms with van der Waals surface area (Å²) in [4.78, 5) is 1.33. The number of hydrogen-bond donors (Lipinski definition) is 1. The summed E-state index contributed by atoms with van der Waals surface area (Å²) < 4.78 is 0. The molecule has 0 saturated heterocycles. The van der Waals surface area contributed by atoms with Gasteiger partial charge in [-0.25, -0.2) is 0 Å². The Morgan fingerprint density at radius 3 is 2.25 bits per heavy atom. The average Bonchev–Trinajstić information content (AvgIpc) is 2.18. The summed E-state index contributed by atoms with van der Waals surface area (Å²) in [6.45, 7) is 11.8. The minimum Gasteiger partial charge on any atom is -0.329 e. The van der Waals surface area contributed by atoms with Crippen molar-refractivity contribution in [1.29, 1.82) is 0 Å². The van der Waals surface area contributed by atoms with Crippen molar-refractivity contribution in [3.8, 4) is 0 Å². The minimum absolute atomic E-state index is 0.248. The monoisotopic (exact) mass is 237 g/mol. The molecular weight excluding hydrogens is 214 g/mol. The normalized spacial score (nSPS) is 13.9. The lowest BCUT2D eigenvalue weighted by Crippen LogP contribution is -2.30. The Morgan fingerprint density at radius 2 is 1.81 bits per heavy atom. The van der Waals surface area contributed by atoms with Crippen LogP contribution in [0.5, 0.6) is 0 Å². The van der Waals surface area contributed by atoms with Crippen LogP contribution in [0.15, 0.2) is 23.1 Å². The first-order valence-corrected chi connectivity index (χ1v) is 6.66. The Bertz CT molecular complexity index is 352. The molecule has 1 aromatic rings. The fourth-order valence-corrected chi connectivity index (χ4v) is 2.70. The fraction of sp³-hybridized carbons (Fsp3) is 0.571. The third kappa shape index (κ3) is 3.53. The predicted molar refractivity (Wildman–Crippen MR) is 74.1 cm³/mol. The van der Waals surface area contributed by atoms with Gasteiger partial charge in [-0.2, -0.15) is 0 Å². The van der Waals surface area contributed by atoms with E-state index in [9.17, 15) is 0 Å². The Labute approximate surface area is 104 Å². The van der Waals surface area contributed by atoms with Gasteiger partial charge < -0.3 is 5.73 Å². The first-order valence-electron chi connectivity index (χ1n) is 5.78. The zero-order valence-corrected chi connectivity index (χ0v) is 11.8. The second kappa shape index (κ2) is 5.24. The molecule has 90 valence electrons. The van der Waals surface area contributed by atoms with Crippen LogP contribution in [0, 0.1) is 19.3 Å². The van der Waals surface area contributed by atoms with Crippen molar-refractivity contribution >= 4 is 11.8 Å². The number of rotatable bonds is 3. The van der Waals surface area contributed by atoms with E-state index in [1.165, 1.54) is 16.0 Å². The van der Waals surface area contributed by atoms with Gasteiger partial charge in [0, 0.05) is 16.7 Å². The van der Waals surface area contributed by atoms with Crippen molar-refractivity contribution in [2.24, 2.45) is 11.1 Å². The molecule has 1 aromatic carbocycles. The van der Waals surface area contributed by atoms with Crippen molar-refractivity contribution in [2.45, 2.75) is 44.8 Å². The van der Waals surface area contributed by atoms with Gasteiger partial charge >= 0.3 is 0 Å². The summed E-state index contributed by atoms with van der Waals surface area (Å²) in [7, 11) is 0. The molecular formula is C14H23NS. The molecule has 2 N–H and O–H groups in total. The molecule has 0 radical (unpaired) electrons. The van der Waals surface area contributed by atoms with E-state index in [0.29, 0.717) is 5.25 Å². The highest BCUT2D eigenvalue weighted by Gasteiger charge is 2.24. The zero-order chi connectivity index (χ0) is 12.3. The number of nitrogens with two attached hydrogens (primary N) is 1. The lowest BCUT2D eigenvalue weighted by Gasteiger charge is -2.29. The van der Waals surface area contributed by atoms with E-state index in [2.05, 4.69) is 52.8 Å². The van der Waals surface area contributed by atoms with Gasteiger partial charge in [0.25, 0.3) is 0 Å². The van der Waals surface area contributed by atoms with Gasteiger partial charge in [-0.3, -0.25) is 0 Å². The summed E-state index contributed by atoms with van der Waals surface area (Å²) in [6.07, 6.45) is 0. The Balaban J connectivity index is 2.83. The molecule has 0 aliphatic carbocycles. The van der Waals surface area contributed by atoms with Crippen LogP contribution in [0.25, 0.3) is 0 Å². The fourth-order valence-electron chi connectivity index (χ4n) is 1.53. The molecule has 0 fully saturated rings. The molecule has 0 aromatic heterocycles. The quantitative estimate of drug-likeness (QED) is 0.810. The predicted octanol–water partition coefficient (Wildman–Crippen LogP) is 3.77. The highest BCUT2D eigenvalue weighted by Crippen LogP contribution is 2.35. The highest BCUT2D eigenvalue weighted by atomic mass is 32.2. The first kappa shape index (κ1) is 13.6. The number of thioether (sulfide) groups is 1. The van der Waals surface area contributed by atoms with Crippen LogP contribution < -0.4 is 5.73 Å². The summed E-state index contributed by atoms with van der Waals surface area (Å²) in [5.74, 6) is 0. The minimum atomic E-state index is 0.248. The molecule has 1 unspecified atom stereocenters. The summed E-state index contributed by atoms with van der Waals surface area (Å²) in [5.41, 5.74) is 8.81. The maximum Gasteiger partial charge on any atom is 0.0265 e. The van der Waals surface area contributed by atoms with E-state index in [0.717, 1.165) is 6.54 Å². The largest absolute Gasteiger partial charge is 0.329 e. The molecule has 2 heteroatoms. The van der Waals surface area contributed by atoms with Crippen LogP contribution in [-0.2, 0) is 0 Å². The molecule has 1 atom stereocenters. The van der Waals surface area contributed by atoms with Crippen molar-refractivity contribution in [2.75, 3.05) is 6.54 Å². The smallest absolute Gasteiger partial charge is 0.0265 e. The van der Waals surface area contributed by atoms with Crippen LogP contribution >= 0.6 is 11.8 Å². The van der Waals surface area contributed by atoms with E-state index in [1.54, 1.807) is 0 Å². The molecule has 0 spiro atoms. The SMILES string of the molecule is Cc1ccc(SC(CN)C(C)(C)C)cc1C. The van der Waals surface area contributed by atoms with E-state index in [-0.39, 0.29) is 5.41 Å². The zero-order valence-electron chi connectivity index (χ0n) is 11.0. The topological polar surface area (TPSA) is 26.0 Å². The summed E-state index contributed by atoms with van der Waals surface area (Å²) in [5, 5.41) is 0.467. The first-order chi connectivity index (χ1) is 7.34. The van der Waals surface area contributed by atoms with Crippen molar-refractivity contribution in [1.82, 2.24) is 0 Å². The lowest BCUT2D eigenvalue weighted by atomic mass is 9.92. The van der Waals surface area contributed by atoms with Crippen LogP contribution in [-0.4, -0.2) is 11.8 Å². The van der Waals surface area contributed by atoms with E-state index >= 15 is 0 Å². The average molecular weight is 237 g/mol. The van der Waals surface area contributed by atoms with E-state index < -0.39 is 0 Å². The third-order valence-corrected chi connectivity index (χ3v) is 4.65. The number of benzene rings is 1. The van der Waals surface area contributed by atoms with Gasteiger partial charge in [0.05, 0.1) is 0 Å². The van der Waals surface area contributed by atoms with Crippen LogP contribution in [0.2, 0.25) is 0 Å². The van der Waals surface area contributed by atoms with E-state index in [4.69, 9.17) is 5.73 Å². The summed E-state index contributed by atoms with van der Waals surface area (Å²) >= 11 is 1.89. The number of hydrogen-bond acceptors (Lipinski definition) is 2. The molecule has 1 rings (SSSR count). The van der Waals surface area contributed by atoms with Gasteiger partial charge in [0.2, 0.25) is 0 Å². The van der Waals surface area contributed by atoms with Crippen molar-refractivity contribution in [3.63, 3.8) is 0 Å². The van der Waals surface area contributed by atoms with Crippen LogP contribution in [0.3, 0.4) is 0 Å². The van der Waals surface area contributed by atoms with Crippen molar-refractivity contribution < 1.29 is 0 Å². The standard InChI is InChI=1S/C14H23NS/c1-10-6-7-12(8-11(10)2)16-13(9-15)14(3,4)5/h6-8,13H,9,15H2,1-5H3. The third-order valence-electron chi connectivity index (χ3n) is 2.94. The molecule has 0 bridgehead atoms. The lowest BCUT2D eigenvalue weighted by molar-refractivity contribution is 0.398. The molecule has 0 amide bonds. The molecule has 1 nitrogen and oxygen atoms in total. The van der Waals surface area contributed by atoms with Gasteiger partial charge in [-0.15, -0.1) is 11.8 Å². The maximum absolute atomic E-state index is 5.85. The second-order valence-corrected chi connectivity index (χ2v) is 6.73. The van der Waals surface area contributed by atoms with Crippen molar-refractivity contribution in [3.05, 3.63) is 29.3 Å². The molecule has 0 heterocycles. The molecule has 0 aliphatic heterocycles. The second-order valence-electron chi connectivity index (χ2n) is 5.45. The Kier molecular flexibility index (Phi) is 4.45.